The second kappa shape index (κ2) is 15.6. The second-order valence-corrected chi connectivity index (χ2v) is 9.40. The Balaban J connectivity index is 2.89. The molecule has 0 fully saturated rings. The van der Waals surface area contributed by atoms with Crippen molar-refractivity contribution in [2.75, 3.05) is 6.61 Å². The zero-order valence-electron chi connectivity index (χ0n) is 21.5. The first-order chi connectivity index (χ1) is 17.8. The molecule has 1 rings (SSSR count). The average Bonchev–Trinajstić information content (AvgIpc) is 2.92. The van der Waals surface area contributed by atoms with Gasteiger partial charge in [-0.25, -0.2) is 0 Å². The molecule has 0 heterocycles. The van der Waals surface area contributed by atoms with E-state index in [-0.39, 0.29) is 30.1 Å². The maximum Gasteiger partial charge on any atom is 0.321 e. The number of amides is 1. The zero-order chi connectivity index (χ0) is 29.2. The van der Waals surface area contributed by atoms with Crippen LogP contribution in [0.1, 0.15) is 44.6 Å². The normalized spacial score (nSPS) is 18.7. The molecule has 0 saturated carbocycles. The number of Topliss-reactive ketones (excluding diaryl/α,β-unsaturated/α-hetero) is 2. The van der Waals surface area contributed by atoms with E-state index in [1.165, 1.54) is 24.3 Å². The molecule has 0 aliphatic rings. The van der Waals surface area contributed by atoms with Gasteiger partial charge in [0.05, 0.1) is 30.7 Å². The van der Waals surface area contributed by atoms with Crippen LogP contribution in [-0.2, 0) is 19.2 Å². The van der Waals surface area contributed by atoms with Crippen LogP contribution in [0, 0.1) is 5.92 Å². The summed E-state index contributed by atoms with van der Waals surface area (Å²) in [5, 5.41) is 52.7. The van der Waals surface area contributed by atoms with Gasteiger partial charge in [0.2, 0.25) is 5.91 Å². The number of benzene rings is 1. The third-order valence-corrected chi connectivity index (χ3v) is 6.68. The molecule has 1 aromatic carbocycles. The Morgan fingerprint density at radius 2 is 1.53 bits per heavy atom. The molecule has 0 aliphatic carbocycles. The molecule has 0 radical (unpaired) electrons. The highest BCUT2D eigenvalue weighted by atomic mass is 16.4. The van der Waals surface area contributed by atoms with Crippen LogP contribution >= 0.6 is 0 Å². The summed E-state index contributed by atoms with van der Waals surface area (Å²) in [4.78, 5) is 49.1. The van der Waals surface area contributed by atoms with E-state index >= 15 is 0 Å². The third-order valence-electron chi connectivity index (χ3n) is 6.68. The molecule has 0 aliphatic heterocycles. The van der Waals surface area contributed by atoms with Crippen LogP contribution in [-0.4, -0.2) is 98.1 Å². The van der Waals surface area contributed by atoms with E-state index in [1.807, 2.05) is 13.8 Å². The Hall–Kier alpha value is -2.78. The van der Waals surface area contributed by atoms with Gasteiger partial charge in [-0.3, -0.25) is 19.2 Å². The first-order valence-corrected chi connectivity index (χ1v) is 12.3. The highest BCUT2D eigenvalue weighted by Crippen LogP contribution is 2.24. The SMILES string of the molecule is CC[C@H](C)[C@H](N)C(=O)CC[C@H](N)C(=O)N[C@@H](CO)[C@@H](O)[C@@H](O)[C@H](O)C(=O)C(c1ccccc1)[C@H](N)C(=O)O. The lowest BCUT2D eigenvalue weighted by atomic mass is 9.83. The van der Waals surface area contributed by atoms with Gasteiger partial charge in [0, 0.05) is 6.42 Å². The number of rotatable bonds is 17. The molecule has 38 heavy (non-hydrogen) atoms. The Bertz CT molecular complexity index is 933. The number of hydrogen-bond acceptors (Lipinski definition) is 11. The minimum absolute atomic E-state index is 0.0522. The number of aliphatic hydroxyl groups excluding tert-OH is 4. The van der Waals surface area contributed by atoms with Crippen molar-refractivity contribution in [2.45, 2.75) is 81.5 Å². The number of nitrogens with one attached hydrogen (secondary N) is 1. The van der Waals surface area contributed by atoms with Crippen LogP contribution in [0.25, 0.3) is 0 Å². The molecular weight excluding hydrogens is 500 g/mol. The van der Waals surface area contributed by atoms with Crippen molar-refractivity contribution in [1.29, 1.82) is 0 Å². The number of ketones is 2. The van der Waals surface area contributed by atoms with Crippen LogP contribution in [0.2, 0.25) is 0 Å². The summed E-state index contributed by atoms with van der Waals surface area (Å²) in [6, 6.07) is 2.23. The van der Waals surface area contributed by atoms with E-state index in [0.29, 0.717) is 6.42 Å². The monoisotopic (exact) mass is 540 g/mol. The summed E-state index contributed by atoms with van der Waals surface area (Å²) in [5.74, 6) is -5.48. The van der Waals surface area contributed by atoms with Gasteiger partial charge in [-0.2, -0.15) is 0 Å². The number of aliphatic carboxylic acids is 1. The van der Waals surface area contributed by atoms with Crippen molar-refractivity contribution in [1.82, 2.24) is 5.32 Å². The van der Waals surface area contributed by atoms with Gasteiger partial charge < -0.3 is 48.1 Å². The molecule has 0 aromatic heterocycles. The number of nitrogens with two attached hydrogens (primary N) is 3. The second-order valence-electron chi connectivity index (χ2n) is 9.40. The number of carboxylic acids is 1. The van der Waals surface area contributed by atoms with Crippen molar-refractivity contribution in [3.8, 4) is 0 Å². The predicted molar refractivity (Wildman–Crippen MR) is 136 cm³/mol. The van der Waals surface area contributed by atoms with Gasteiger partial charge in [0.1, 0.15) is 30.1 Å². The fourth-order valence-corrected chi connectivity index (χ4v) is 3.82. The summed E-state index contributed by atoms with van der Waals surface area (Å²) >= 11 is 0. The van der Waals surface area contributed by atoms with Crippen molar-refractivity contribution in [3.05, 3.63) is 35.9 Å². The molecule has 0 spiro atoms. The maximum atomic E-state index is 13.0. The fourth-order valence-electron chi connectivity index (χ4n) is 3.82. The van der Waals surface area contributed by atoms with Gasteiger partial charge in [0.25, 0.3) is 0 Å². The summed E-state index contributed by atoms with van der Waals surface area (Å²) < 4.78 is 0. The largest absolute Gasteiger partial charge is 0.480 e. The van der Waals surface area contributed by atoms with Crippen LogP contribution < -0.4 is 22.5 Å². The maximum absolute atomic E-state index is 13.0. The molecule has 12 N–H and O–H groups in total. The minimum Gasteiger partial charge on any atom is -0.480 e. The highest BCUT2D eigenvalue weighted by molar-refractivity contribution is 5.95. The van der Waals surface area contributed by atoms with Crippen LogP contribution in [0.5, 0.6) is 0 Å². The van der Waals surface area contributed by atoms with Gasteiger partial charge in [-0.15, -0.1) is 0 Å². The number of carboxylic acid groups (broad SMARTS) is 1. The Morgan fingerprint density at radius 3 is 2.03 bits per heavy atom. The highest BCUT2D eigenvalue weighted by Gasteiger charge is 2.42. The fraction of sp³-hybridized carbons (Fsp3) is 0.600. The number of carbonyl (C=O) groups excluding carboxylic acids is 3. The van der Waals surface area contributed by atoms with E-state index in [9.17, 15) is 44.7 Å². The molecule has 1 aromatic rings. The average molecular weight is 541 g/mol. The lowest BCUT2D eigenvalue weighted by Gasteiger charge is -2.31. The molecule has 9 atom stereocenters. The minimum atomic E-state index is -2.32. The Morgan fingerprint density at radius 1 is 0.947 bits per heavy atom. The van der Waals surface area contributed by atoms with Crippen LogP contribution in [0.15, 0.2) is 30.3 Å². The number of hydrogen-bond donors (Lipinski definition) is 9. The van der Waals surface area contributed by atoms with E-state index in [2.05, 4.69) is 5.32 Å². The van der Waals surface area contributed by atoms with E-state index in [1.54, 1.807) is 6.07 Å². The van der Waals surface area contributed by atoms with Crippen LogP contribution in [0.3, 0.4) is 0 Å². The van der Waals surface area contributed by atoms with Crippen LogP contribution in [0.4, 0.5) is 0 Å². The lowest BCUT2D eigenvalue weighted by molar-refractivity contribution is -0.148. The first-order valence-electron chi connectivity index (χ1n) is 12.3. The van der Waals surface area contributed by atoms with Gasteiger partial charge in [-0.1, -0.05) is 50.6 Å². The Kier molecular flexibility index (Phi) is 13.6. The molecular formula is C25H40N4O9. The first kappa shape index (κ1) is 33.2. The van der Waals surface area contributed by atoms with Gasteiger partial charge in [-0.05, 0) is 17.9 Å². The summed E-state index contributed by atoms with van der Waals surface area (Å²) in [7, 11) is 0. The number of carbonyl (C=O) groups is 4. The number of aliphatic hydroxyl groups is 4. The smallest absolute Gasteiger partial charge is 0.321 e. The summed E-state index contributed by atoms with van der Waals surface area (Å²) in [6.45, 7) is 2.80. The standard InChI is InChI=1S/C25H40N4O9/c1-3-12(2)18(27)16(31)10-9-14(26)24(36)29-15(11-30)20(32)22(34)23(35)21(33)17(19(28)25(37)38)13-7-5-4-6-8-13/h4-8,12,14-15,17-20,22-23,30,32,34-35H,3,9-11,26-28H2,1-2H3,(H,29,36)(H,37,38)/t12-,14-,15-,17?,18-,19-,20+,22+,23+/m0/s1. The zero-order valence-corrected chi connectivity index (χ0v) is 21.5. The molecule has 214 valence electrons. The summed E-state index contributed by atoms with van der Waals surface area (Å²) in [5.41, 5.74) is 17.5. The van der Waals surface area contributed by atoms with Crippen molar-refractivity contribution in [3.63, 3.8) is 0 Å². The van der Waals surface area contributed by atoms with Gasteiger partial charge in [0.15, 0.2) is 5.78 Å². The molecule has 13 nitrogen and oxygen atoms in total. The Labute approximate surface area is 221 Å². The van der Waals surface area contributed by atoms with Crippen molar-refractivity contribution < 1.29 is 44.7 Å². The van der Waals surface area contributed by atoms with Crippen molar-refractivity contribution >= 4 is 23.4 Å². The molecule has 0 saturated heterocycles. The van der Waals surface area contributed by atoms with Crippen molar-refractivity contribution in [2.24, 2.45) is 23.1 Å². The molecule has 1 amide bonds. The molecule has 1 unspecified atom stereocenters. The quantitative estimate of drug-likeness (QED) is 0.0982. The van der Waals surface area contributed by atoms with Gasteiger partial charge >= 0.3 is 5.97 Å². The predicted octanol–water partition coefficient (Wildman–Crippen LogP) is -2.64. The lowest BCUT2D eigenvalue weighted by Crippen LogP contribution is -2.58. The molecule has 0 bridgehead atoms. The van der Waals surface area contributed by atoms with E-state index in [0.717, 1.165) is 0 Å². The summed E-state index contributed by atoms with van der Waals surface area (Å²) in [6.07, 6.45) is -6.07. The van der Waals surface area contributed by atoms with E-state index in [4.69, 9.17) is 17.2 Å². The van der Waals surface area contributed by atoms with E-state index < -0.39 is 72.7 Å². The third kappa shape index (κ3) is 8.91. The molecule has 13 heteroatoms. The topological polar surface area (TPSA) is 260 Å².